The topological polar surface area (TPSA) is 72.7 Å². The zero-order chi connectivity index (χ0) is 13.8. The highest BCUT2D eigenvalue weighted by Crippen LogP contribution is 2.32. The van der Waals surface area contributed by atoms with Gasteiger partial charge in [0, 0.05) is 25.2 Å². The van der Waals surface area contributed by atoms with Crippen LogP contribution in [0.25, 0.3) is 6.08 Å². The first-order chi connectivity index (χ1) is 9.11. The van der Waals surface area contributed by atoms with Crippen molar-refractivity contribution < 1.29 is 14.5 Å². The number of anilines is 1. The van der Waals surface area contributed by atoms with Gasteiger partial charge in [-0.15, -0.1) is 0 Å². The lowest BCUT2D eigenvalue weighted by Crippen LogP contribution is -2.37. The minimum atomic E-state index is -0.491. The molecule has 1 aromatic rings. The van der Waals surface area contributed by atoms with Crippen LogP contribution in [0.1, 0.15) is 12.0 Å². The van der Waals surface area contributed by atoms with Gasteiger partial charge in [0.05, 0.1) is 12.0 Å². The minimum Gasteiger partial charge on any atom is -0.466 e. The monoisotopic (exact) mass is 262 g/mol. The number of carbonyl (C=O) groups excluding carboxylic acids is 1. The van der Waals surface area contributed by atoms with Gasteiger partial charge in [0.25, 0.3) is 5.69 Å². The van der Waals surface area contributed by atoms with E-state index in [1.165, 1.54) is 25.3 Å². The first-order valence-corrected chi connectivity index (χ1v) is 5.91. The van der Waals surface area contributed by atoms with Crippen molar-refractivity contribution in [3.63, 3.8) is 0 Å². The average Bonchev–Trinajstić information content (AvgIpc) is 2.34. The summed E-state index contributed by atoms with van der Waals surface area (Å²) in [5.74, 6) is -0.491. The van der Waals surface area contributed by atoms with Crippen molar-refractivity contribution in [3.05, 3.63) is 40.0 Å². The van der Waals surface area contributed by atoms with Crippen molar-refractivity contribution in [1.82, 2.24) is 0 Å². The van der Waals surface area contributed by atoms with E-state index in [2.05, 4.69) is 4.74 Å². The Bertz CT molecular complexity index is 535. The van der Waals surface area contributed by atoms with Gasteiger partial charge >= 0.3 is 5.97 Å². The Labute approximate surface area is 110 Å². The summed E-state index contributed by atoms with van der Waals surface area (Å²) in [6.07, 6.45) is 3.79. The molecule has 1 aliphatic heterocycles. The number of benzene rings is 1. The van der Waals surface area contributed by atoms with Crippen molar-refractivity contribution in [2.24, 2.45) is 0 Å². The van der Waals surface area contributed by atoms with Crippen LogP contribution in [-0.2, 0) is 9.53 Å². The molecule has 0 aliphatic carbocycles. The number of nitro groups is 1. The van der Waals surface area contributed by atoms with Crippen LogP contribution >= 0.6 is 0 Å². The molecular formula is C13H14N2O4. The summed E-state index contributed by atoms with van der Waals surface area (Å²) < 4.78 is 4.47. The lowest BCUT2D eigenvalue weighted by molar-refractivity contribution is -0.384. The number of carbonyl (C=O) groups is 1. The number of rotatable bonds is 4. The molecule has 0 amide bonds. The maximum Gasteiger partial charge on any atom is 0.330 e. The Morgan fingerprint density at radius 2 is 2.21 bits per heavy atom. The van der Waals surface area contributed by atoms with Crippen LogP contribution < -0.4 is 4.90 Å². The summed E-state index contributed by atoms with van der Waals surface area (Å²) >= 11 is 0. The average molecular weight is 262 g/mol. The summed E-state index contributed by atoms with van der Waals surface area (Å²) in [4.78, 5) is 23.6. The fourth-order valence-corrected chi connectivity index (χ4v) is 1.85. The quantitative estimate of drug-likeness (QED) is 0.359. The van der Waals surface area contributed by atoms with Gasteiger partial charge in [-0.3, -0.25) is 10.1 Å². The standard InChI is InChI=1S/C13H14N2O4/c1-19-13(16)6-4-10-3-5-11(14-7-2-8-14)12(9-10)15(17)18/h3-6,9H,2,7-8H2,1H3/b6-4+. The molecule has 0 bridgehead atoms. The second kappa shape index (κ2) is 5.51. The van der Waals surface area contributed by atoms with E-state index in [9.17, 15) is 14.9 Å². The molecule has 1 saturated heterocycles. The maximum absolute atomic E-state index is 11.1. The summed E-state index contributed by atoms with van der Waals surface area (Å²) in [5, 5.41) is 11.1. The van der Waals surface area contributed by atoms with Crippen LogP contribution in [0.5, 0.6) is 0 Å². The molecule has 1 heterocycles. The van der Waals surface area contributed by atoms with Gasteiger partial charge in [0.15, 0.2) is 0 Å². The second-order valence-corrected chi connectivity index (χ2v) is 4.20. The molecule has 0 N–H and O–H groups in total. The van der Waals surface area contributed by atoms with Gasteiger partial charge in [-0.05, 0) is 24.1 Å². The summed E-state index contributed by atoms with van der Waals surface area (Å²) in [5.41, 5.74) is 1.29. The van der Waals surface area contributed by atoms with Crippen LogP contribution in [0, 0.1) is 10.1 Å². The highest BCUT2D eigenvalue weighted by Gasteiger charge is 2.23. The third-order valence-electron chi connectivity index (χ3n) is 3.01. The van der Waals surface area contributed by atoms with Crippen molar-refractivity contribution in [2.75, 3.05) is 25.1 Å². The fraction of sp³-hybridized carbons (Fsp3) is 0.308. The summed E-state index contributed by atoms with van der Waals surface area (Å²) in [6, 6.07) is 4.93. The molecule has 6 nitrogen and oxygen atoms in total. The SMILES string of the molecule is COC(=O)/C=C/c1ccc(N2CCC2)c([N+](=O)[O-])c1. The Hall–Kier alpha value is -2.37. The van der Waals surface area contributed by atoms with Crippen LogP contribution in [0.15, 0.2) is 24.3 Å². The van der Waals surface area contributed by atoms with Gasteiger partial charge in [-0.25, -0.2) is 4.79 Å². The molecule has 100 valence electrons. The van der Waals surface area contributed by atoms with Gasteiger partial charge in [0.2, 0.25) is 0 Å². The van der Waals surface area contributed by atoms with Crippen molar-refractivity contribution >= 4 is 23.4 Å². The molecule has 6 heteroatoms. The Morgan fingerprint density at radius 3 is 2.74 bits per heavy atom. The molecule has 0 unspecified atom stereocenters. The van der Waals surface area contributed by atoms with Gasteiger partial charge in [-0.2, -0.15) is 0 Å². The van der Waals surface area contributed by atoms with Gasteiger partial charge < -0.3 is 9.64 Å². The molecule has 1 fully saturated rings. The predicted molar refractivity (Wildman–Crippen MR) is 71.0 cm³/mol. The smallest absolute Gasteiger partial charge is 0.330 e. The zero-order valence-electron chi connectivity index (χ0n) is 10.5. The number of nitrogens with zero attached hydrogens (tertiary/aromatic N) is 2. The lowest BCUT2D eigenvalue weighted by atomic mass is 10.1. The Morgan fingerprint density at radius 1 is 1.47 bits per heavy atom. The number of methoxy groups -OCH3 is 1. The number of esters is 1. The molecule has 1 aromatic carbocycles. The molecule has 19 heavy (non-hydrogen) atoms. The first-order valence-electron chi connectivity index (χ1n) is 5.91. The van der Waals surface area contributed by atoms with Gasteiger partial charge in [0.1, 0.15) is 5.69 Å². The van der Waals surface area contributed by atoms with Crippen molar-refractivity contribution in [1.29, 1.82) is 0 Å². The highest BCUT2D eigenvalue weighted by molar-refractivity contribution is 5.87. The predicted octanol–water partition coefficient (Wildman–Crippen LogP) is 1.99. The third kappa shape index (κ3) is 2.90. The molecule has 0 saturated carbocycles. The van der Waals surface area contributed by atoms with E-state index in [0.29, 0.717) is 11.3 Å². The molecule has 2 rings (SSSR count). The Kier molecular flexibility index (Phi) is 3.79. The van der Waals surface area contributed by atoms with E-state index < -0.39 is 10.9 Å². The number of ether oxygens (including phenoxy) is 1. The Balaban J connectivity index is 2.28. The fourth-order valence-electron chi connectivity index (χ4n) is 1.85. The van der Waals surface area contributed by atoms with Crippen molar-refractivity contribution in [3.8, 4) is 0 Å². The largest absolute Gasteiger partial charge is 0.466 e. The molecular weight excluding hydrogens is 248 g/mol. The zero-order valence-corrected chi connectivity index (χ0v) is 10.5. The minimum absolute atomic E-state index is 0.0618. The molecule has 0 radical (unpaired) electrons. The number of hydrogen-bond acceptors (Lipinski definition) is 5. The van der Waals surface area contributed by atoms with E-state index in [-0.39, 0.29) is 5.69 Å². The van der Waals surface area contributed by atoms with E-state index in [0.717, 1.165) is 19.5 Å². The molecule has 1 aliphatic rings. The van der Waals surface area contributed by atoms with E-state index in [1.54, 1.807) is 12.1 Å². The molecule has 0 aromatic heterocycles. The van der Waals surface area contributed by atoms with Crippen LogP contribution in [0.4, 0.5) is 11.4 Å². The number of nitro benzene ring substituents is 1. The summed E-state index contributed by atoms with van der Waals surface area (Å²) in [6.45, 7) is 1.69. The second-order valence-electron chi connectivity index (χ2n) is 4.20. The highest BCUT2D eigenvalue weighted by atomic mass is 16.6. The van der Waals surface area contributed by atoms with E-state index in [1.807, 2.05) is 4.90 Å². The van der Waals surface area contributed by atoms with Gasteiger partial charge in [-0.1, -0.05) is 6.07 Å². The lowest BCUT2D eigenvalue weighted by Gasteiger charge is -2.32. The van der Waals surface area contributed by atoms with Crippen molar-refractivity contribution in [2.45, 2.75) is 6.42 Å². The van der Waals surface area contributed by atoms with Crippen LogP contribution in [-0.4, -0.2) is 31.1 Å². The van der Waals surface area contributed by atoms with Crippen LogP contribution in [0.2, 0.25) is 0 Å². The third-order valence-corrected chi connectivity index (χ3v) is 3.01. The molecule has 0 atom stereocenters. The molecule has 0 spiro atoms. The van der Waals surface area contributed by atoms with E-state index in [4.69, 9.17) is 0 Å². The maximum atomic E-state index is 11.1. The normalized spacial score (nSPS) is 14.3. The van der Waals surface area contributed by atoms with E-state index >= 15 is 0 Å². The number of hydrogen-bond donors (Lipinski definition) is 0. The first kappa shape index (κ1) is 13.1. The van der Waals surface area contributed by atoms with Crippen LogP contribution in [0.3, 0.4) is 0 Å². The summed E-state index contributed by atoms with van der Waals surface area (Å²) in [7, 11) is 1.28.